The lowest BCUT2D eigenvalue weighted by Gasteiger charge is -2.21. The second-order valence-corrected chi connectivity index (χ2v) is 11.8. The number of anilines is 1. The summed E-state index contributed by atoms with van der Waals surface area (Å²) in [6.45, 7) is 1.88. The fourth-order valence-corrected chi connectivity index (χ4v) is 5.47. The number of alkyl halides is 8. The third kappa shape index (κ3) is 8.13. The largest absolute Gasteiger partial charge is 0.499 e. The van der Waals surface area contributed by atoms with Gasteiger partial charge in [-0.2, -0.15) is 40.1 Å². The maximum atomic E-state index is 13.6. The van der Waals surface area contributed by atoms with Gasteiger partial charge in [0.15, 0.2) is 11.0 Å². The van der Waals surface area contributed by atoms with Crippen LogP contribution in [0.15, 0.2) is 78.0 Å². The van der Waals surface area contributed by atoms with E-state index in [4.69, 9.17) is 11.6 Å². The summed E-state index contributed by atoms with van der Waals surface area (Å²) in [5.74, 6) is -1.61. The summed E-state index contributed by atoms with van der Waals surface area (Å²) >= 11 is 6.71. The number of carbonyl (C=O) groups excluding carboxylic acids is 2. The van der Waals surface area contributed by atoms with E-state index in [1.165, 1.54) is 23.1 Å². The van der Waals surface area contributed by atoms with Gasteiger partial charge in [0.1, 0.15) is 12.1 Å². The molecular formula is C30H21ClF8N6O3S. The summed E-state index contributed by atoms with van der Waals surface area (Å²) in [5.41, 5.74) is 0.0267. The lowest BCUT2D eigenvalue weighted by atomic mass is 10.00. The standard InChI is InChI=1S/C30H21ClF8N6O3S/c1-16(13-40-26(47)42-27-45(24(46)14-49-27)23-12-19(31)6-11-22(23)28(32,33)34)17-2-4-18(5-3-17)25-41-15-44(43-25)20-7-9-21(10-8-20)48-30(38,39)29(35,36)37/h2-12,15-16H,13-14H2,1H3,(H,40,47). The Morgan fingerprint density at radius 3 is 2.33 bits per heavy atom. The Morgan fingerprint density at radius 2 is 1.69 bits per heavy atom. The molecule has 9 nitrogen and oxygen atoms in total. The summed E-state index contributed by atoms with van der Waals surface area (Å²) in [6.07, 6.45) is -14.7. The number of rotatable bonds is 8. The van der Waals surface area contributed by atoms with E-state index in [0.717, 1.165) is 52.6 Å². The van der Waals surface area contributed by atoms with E-state index in [0.29, 0.717) is 11.3 Å². The van der Waals surface area contributed by atoms with Crippen LogP contribution in [0.5, 0.6) is 5.75 Å². The molecule has 1 saturated heterocycles. The average Bonchev–Trinajstić information content (AvgIpc) is 3.66. The van der Waals surface area contributed by atoms with Crippen molar-refractivity contribution in [2.75, 3.05) is 17.2 Å². The second kappa shape index (κ2) is 13.7. The topological polar surface area (TPSA) is 102 Å². The van der Waals surface area contributed by atoms with Crippen LogP contribution in [0.25, 0.3) is 17.1 Å². The van der Waals surface area contributed by atoms with Gasteiger partial charge in [0, 0.05) is 17.1 Å². The molecule has 2 heterocycles. The van der Waals surface area contributed by atoms with Crippen LogP contribution in [0.3, 0.4) is 0 Å². The van der Waals surface area contributed by atoms with Crippen LogP contribution in [-0.4, -0.2) is 56.5 Å². The van der Waals surface area contributed by atoms with E-state index >= 15 is 0 Å². The van der Waals surface area contributed by atoms with E-state index in [9.17, 15) is 44.7 Å². The van der Waals surface area contributed by atoms with Crippen LogP contribution in [0.2, 0.25) is 5.02 Å². The van der Waals surface area contributed by atoms with E-state index in [2.05, 4.69) is 25.1 Å². The van der Waals surface area contributed by atoms with Crippen molar-refractivity contribution in [2.24, 2.45) is 4.99 Å². The summed E-state index contributed by atoms with van der Waals surface area (Å²) in [4.78, 5) is 33.9. The van der Waals surface area contributed by atoms with E-state index in [1.807, 2.05) is 0 Å². The normalized spacial score (nSPS) is 15.5. The molecule has 3 aromatic carbocycles. The molecule has 0 radical (unpaired) electrons. The molecule has 0 aliphatic carbocycles. The predicted molar refractivity (Wildman–Crippen MR) is 164 cm³/mol. The minimum atomic E-state index is -5.88. The van der Waals surface area contributed by atoms with E-state index < -0.39 is 47.4 Å². The monoisotopic (exact) mass is 732 g/mol. The van der Waals surface area contributed by atoms with Gasteiger partial charge in [-0.05, 0) is 53.9 Å². The van der Waals surface area contributed by atoms with Gasteiger partial charge in [0.25, 0.3) is 0 Å². The van der Waals surface area contributed by atoms with Gasteiger partial charge in [-0.15, -0.1) is 5.10 Å². The summed E-state index contributed by atoms with van der Waals surface area (Å²) in [5, 5.41) is 6.61. The molecule has 0 bridgehead atoms. The Kier molecular flexibility index (Phi) is 9.92. The van der Waals surface area contributed by atoms with Crippen molar-refractivity contribution in [2.45, 2.75) is 31.3 Å². The lowest BCUT2D eigenvalue weighted by molar-refractivity contribution is -0.360. The number of amides is 3. The zero-order valence-corrected chi connectivity index (χ0v) is 26.3. The molecule has 258 valence electrons. The molecule has 0 spiro atoms. The molecule has 3 amide bonds. The molecule has 1 atom stereocenters. The highest BCUT2D eigenvalue weighted by Crippen LogP contribution is 2.41. The maximum absolute atomic E-state index is 13.6. The van der Waals surface area contributed by atoms with Crippen LogP contribution in [0.4, 0.5) is 45.6 Å². The minimum absolute atomic E-state index is 0.0385. The van der Waals surface area contributed by atoms with Crippen molar-refractivity contribution in [3.63, 3.8) is 0 Å². The van der Waals surface area contributed by atoms with Gasteiger partial charge in [-0.3, -0.25) is 9.69 Å². The van der Waals surface area contributed by atoms with Crippen LogP contribution in [-0.2, 0) is 11.0 Å². The van der Waals surface area contributed by atoms with Crippen molar-refractivity contribution in [3.8, 4) is 22.8 Å². The van der Waals surface area contributed by atoms with Crippen LogP contribution in [0.1, 0.15) is 24.0 Å². The third-order valence-electron chi connectivity index (χ3n) is 6.94. The summed E-state index contributed by atoms with van der Waals surface area (Å²) in [7, 11) is 0. The number of aliphatic imine (C=N–C) groups is 1. The summed E-state index contributed by atoms with van der Waals surface area (Å²) < 4.78 is 109. The van der Waals surface area contributed by atoms with Crippen molar-refractivity contribution in [1.29, 1.82) is 0 Å². The van der Waals surface area contributed by atoms with E-state index in [1.54, 1.807) is 31.2 Å². The third-order valence-corrected chi connectivity index (χ3v) is 8.09. The number of nitrogens with zero attached hydrogens (tertiary/aromatic N) is 5. The molecule has 4 aromatic rings. The van der Waals surface area contributed by atoms with Crippen LogP contribution >= 0.6 is 23.4 Å². The molecular weight excluding hydrogens is 712 g/mol. The number of carbonyl (C=O) groups is 2. The van der Waals surface area contributed by atoms with E-state index in [-0.39, 0.29) is 34.2 Å². The number of hydrogen-bond donors (Lipinski definition) is 1. The minimum Gasteiger partial charge on any atom is -0.426 e. The molecule has 1 aliphatic rings. The van der Waals surface area contributed by atoms with Gasteiger partial charge in [-0.1, -0.05) is 54.6 Å². The first-order valence-electron chi connectivity index (χ1n) is 13.9. The van der Waals surface area contributed by atoms with Crippen molar-refractivity contribution in [3.05, 3.63) is 89.2 Å². The first kappa shape index (κ1) is 35.6. The quantitative estimate of drug-likeness (QED) is 0.184. The number of urea groups is 1. The highest BCUT2D eigenvalue weighted by molar-refractivity contribution is 8.15. The van der Waals surface area contributed by atoms with Gasteiger partial charge in [-0.25, -0.2) is 14.5 Å². The zero-order chi connectivity index (χ0) is 35.7. The Balaban J connectivity index is 1.20. The van der Waals surface area contributed by atoms with Crippen LogP contribution < -0.4 is 15.0 Å². The fourth-order valence-electron chi connectivity index (χ4n) is 4.45. The zero-order valence-electron chi connectivity index (χ0n) is 24.7. The highest BCUT2D eigenvalue weighted by atomic mass is 35.5. The van der Waals surface area contributed by atoms with Crippen molar-refractivity contribution >= 4 is 46.2 Å². The first-order valence-corrected chi connectivity index (χ1v) is 15.2. The molecule has 1 fully saturated rings. The lowest BCUT2D eigenvalue weighted by Crippen LogP contribution is -2.41. The second-order valence-electron chi connectivity index (χ2n) is 10.4. The molecule has 1 aromatic heterocycles. The number of amidine groups is 1. The Bertz CT molecular complexity index is 1880. The SMILES string of the molecule is CC(CNC(=O)N=C1SCC(=O)N1c1cc(Cl)ccc1C(F)(F)F)c1ccc(-c2ncn(-c3ccc(OC(F)(F)C(F)(F)F)cc3)n2)cc1. The Hall–Kier alpha value is -4.71. The van der Waals surface area contributed by atoms with Gasteiger partial charge >= 0.3 is 24.5 Å². The number of thioether (sulfide) groups is 1. The number of aromatic nitrogens is 3. The fraction of sp³-hybridized carbons (Fsp3) is 0.233. The smallest absolute Gasteiger partial charge is 0.426 e. The molecule has 49 heavy (non-hydrogen) atoms. The molecule has 0 saturated carbocycles. The summed E-state index contributed by atoms with van der Waals surface area (Å²) in [6, 6.07) is 13.1. The molecule has 19 heteroatoms. The highest BCUT2D eigenvalue weighted by Gasteiger charge is 2.61. The molecule has 1 aliphatic heterocycles. The average molecular weight is 733 g/mol. The number of hydrogen-bond acceptors (Lipinski definition) is 6. The number of benzene rings is 3. The van der Waals surface area contributed by atoms with Gasteiger partial charge in [0.2, 0.25) is 5.91 Å². The molecule has 1 unspecified atom stereocenters. The predicted octanol–water partition coefficient (Wildman–Crippen LogP) is 8.09. The molecule has 5 rings (SSSR count). The maximum Gasteiger partial charge on any atom is 0.499 e. The van der Waals surface area contributed by atoms with Gasteiger partial charge < -0.3 is 10.1 Å². The van der Waals surface area contributed by atoms with Gasteiger partial charge in [0.05, 0.1) is 22.7 Å². The number of ether oxygens (including phenoxy) is 1. The van der Waals surface area contributed by atoms with Crippen LogP contribution in [0, 0.1) is 0 Å². The number of nitrogens with one attached hydrogen (secondary N) is 1. The molecule has 1 N–H and O–H groups in total. The first-order chi connectivity index (χ1) is 22.9. The van der Waals surface area contributed by atoms with Crippen molar-refractivity contribution < 1.29 is 49.4 Å². The Morgan fingerprint density at radius 1 is 1.02 bits per heavy atom. The Labute approximate surface area is 280 Å². The van der Waals surface area contributed by atoms with Crippen molar-refractivity contribution in [1.82, 2.24) is 20.1 Å². The number of halogens is 9.